The maximum Gasteiger partial charge on any atom is 0.221 e. The van der Waals surface area contributed by atoms with Gasteiger partial charge in [-0.1, -0.05) is 0 Å². The van der Waals surface area contributed by atoms with E-state index in [9.17, 15) is 9.18 Å². The summed E-state index contributed by atoms with van der Waals surface area (Å²) in [6.45, 7) is 2.70. The van der Waals surface area contributed by atoms with E-state index in [1.165, 1.54) is 6.07 Å². The Morgan fingerprint density at radius 1 is 1.47 bits per heavy atom. The SMILES string of the molecule is CCOc1ccc(NCCC(=O)NC)cc1F. The summed E-state index contributed by atoms with van der Waals surface area (Å²) in [6, 6.07) is 4.65. The van der Waals surface area contributed by atoms with E-state index in [0.717, 1.165) is 0 Å². The van der Waals surface area contributed by atoms with E-state index >= 15 is 0 Å². The highest BCUT2D eigenvalue weighted by Gasteiger charge is 2.04. The summed E-state index contributed by atoms with van der Waals surface area (Å²) in [5.74, 6) is -0.218. The number of anilines is 1. The second kappa shape index (κ2) is 6.73. The lowest BCUT2D eigenvalue weighted by Gasteiger charge is -2.08. The van der Waals surface area contributed by atoms with Crippen molar-refractivity contribution in [1.29, 1.82) is 0 Å². The molecule has 0 aliphatic rings. The van der Waals surface area contributed by atoms with Gasteiger partial charge in [-0.25, -0.2) is 4.39 Å². The van der Waals surface area contributed by atoms with Gasteiger partial charge < -0.3 is 15.4 Å². The van der Waals surface area contributed by atoms with Crippen molar-refractivity contribution in [3.05, 3.63) is 24.0 Å². The number of nitrogens with one attached hydrogen (secondary N) is 2. The van der Waals surface area contributed by atoms with Gasteiger partial charge in [0.15, 0.2) is 11.6 Å². The van der Waals surface area contributed by atoms with Crippen LogP contribution >= 0.6 is 0 Å². The molecule has 4 nitrogen and oxygen atoms in total. The minimum atomic E-state index is -0.406. The summed E-state index contributed by atoms with van der Waals surface area (Å²) >= 11 is 0. The van der Waals surface area contributed by atoms with Crippen LogP contribution in [0.5, 0.6) is 5.75 Å². The van der Waals surface area contributed by atoms with Crippen LogP contribution in [0.1, 0.15) is 13.3 Å². The molecule has 0 spiro atoms. The fraction of sp³-hybridized carbons (Fsp3) is 0.417. The van der Waals surface area contributed by atoms with Crippen LogP contribution in [-0.2, 0) is 4.79 Å². The predicted octanol–water partition coefficient (Wildman–Crippen LogP) is 1.77. The number of carbonyl (C=O) groups excluding carboxylic acids is 1. The number of ether oxygens (including phenoxy) is 1. The molecule has 5 heteroatoms. The Bertz CT molecular complexity index is 383. The Morgan fingerprint density at radius 2 is 2.24 bits per heavy atom. The molecule has 1 aromatic rings. The topological polar surface area (TPSA) is 50.4 Å². The van der Waals surface area contributed by atoms with E-state index in [0.29, 0.717) is 25.3 Å². The fourth-order valence-corrected chi connectivity index (χ4v) is 1.33. The smallest absolute Gasteiger partial charge is 0.221 e. The molecule has 0 heterocycles. The van der Waals surface area contributed by atoms with Crippen LogP contribution in [0.25, 0.3) is 0 Å². The maximum atomic E-state index is 13.4. The third-order valence-corrected chi connectivity index (χ3v) is 2.19. The molecule has 0 saturated heterocycles. The average molecular weight is 240 g/mol. The van der Waals surface area contributed by atoms with Crippen molar-refractivity contribution in [3.8, 4) is 5.75 Å². The number of halogens is 1. The van der Waals surface area contributed by atoms with Gasteiger partial charge in [-0.15, -0.1) is 0 Å². The summed E-state index contributed by atoms with van der Waals surface area (Å²) in [7, 11) is 1.58. The van der Waals surface area contributed by atoms with Crippen molar-refractivity contribution in [2.75, 3.05) is 25.5 Å². The van der Waals surface area contributed by atoms with Gasteiger partial charge in [0.2, 0.25) is 5.91 Å². The van der Waals surface area contributed by atoms with Gasteiger partial charge in [0.05, 0.1) is 6.61 Å². The number of hydrogen-bond acceptors (Lipinski definition) is 3. The van der Waals surface area contributed by atoms with Gasteiger partial charge in [-0.2, -0.15) is 0 Å². The molecule has 0 aromatic heterocycles. The number of amides is 1. The summed E-state index contributed by atoms with van der Waals surface area (Å²) in [5.41, 5.74) is 0.634. The van der Waals surface area contributed by atoms with Crippen molar-refractivity contribution >= 4 is 11.6 Å². The molecule has 0 saturated carbocycles. The number of carbonyl (C=O) groups is 1. The monoisotopic (exact) mass is 240 g/mol. The van der Waals surface area contributed by atoms with Crippen molar-refractivity contribution in [2.45, 2.75) is 13.3 Å². The van der Waals surface area contributed by atoms with Crippen LogP contribution in [0.4, 0.5) is 10.1 Å². The molecule has 94 valence electrons. The Balaban J connectivity index is 2.50. The molecule has 0 bridgehead atoms. The fourth-order valence-electron chi connectivity index (χ4n) is 1.33. The first-order valence-corrected chi connectivity index (χ1v) is 5.54. The van der Waals surface area contributed by atoms with Crippen molar-refractivity contribution in [2.24, 2.45) is 0 Å². The van der Waals surface area contributed by atoms with Crippen LogP contribution in [0, 0.1) is 5.82 Å². The molecule has 0 radical (unpaired) electrons. The first-order valence-electron chi connectivity index (χ1n) is 5.54. The van der Waals surface area contributed by atoms with E-state index in [-0.39, 0.29) is 11.7 Å². The molecule has 1 rings (SSSR count). The van der Waals surface area contributed by atoms with E-state index in [2.05, 4.69) is 10.6 Å². The lowest BCUT2D eigenvalue weighted by molar-refractivity contribution is -0.120. The molecular weight excluding hydrogens is 223 g/mol. The zero-order valence-electron chi connectivity index (χ0n) is 10.0. The van der Waals surface area contributed by atoms with Gasteiger partial charge in [0.1, 0.15) is 0 Å². The zero-order chi connectivity index (χ0) is 12.7. The van der Waals surface area contributed by atoms with Crippen molar-refractivity contribution < 1.29 is 13.9 Å². The molecule has 1 amide bonds. The van der Waals surface area contributed by atoms with Gasteiger partial charge >= 0.3 is 0 Å². The molecule has 0 fully saturated rings. The van der Waals surface area contributed by atoms with E-state index in [1.54, 1.807) is 26.1 Å². The first kappa shape index (κ1) is 13.3. The number of rotatable bonds is 6. The zero-order valence-corrected chi connectivity index (χ0v) is 10.0. The van der Waals surface area contributed by atoms with Crippen LogP contribution in [0.15, 0.2) is 18.2 Å². The van der Waals surface area contributed by atoms with E-state index < -0.39 is 5.82 Å². The maximum absolute atomic E-state index is 13.4. The minimum Gasteiger partial charge on any atom is -0.491 e. The summed E-state index contributed by atoms with van der Waals surface area (Å²) in [6.07, 6.45) is 0.353. The average Bonchev–Trinajstić information content (AvgIpc) is 2.32. The molecular formula is C12H17FN2O2. The molecule has 0 unspecified atom stereocenters. The van der Waals surface area contributed by atoms with Crippen LogP contribution < -0.4 is 15.4 Å². The Hall–Kier alpha value is -1.78. The Morgan fingerprint density at radius 3 is 2.82 bits per heavy atom. The molecule has 0 aliphatic carbocycles. The highest BCUT2D eigenvalue weighted by Crippen LogP contribution is 2.20. The third kappa shape index (κ3) is 4.30. The Labute approximate surface area is 100 Å². The lowest BCUT2D eigenvalue weighted by Crippen LogP contribution is -2.20. The molecule has 17 heavy (non-hydrogen) atoms. The highest BCUT2D eigenvalue weighted by atomic mass is 19.1. The highest BCUT2D eigenvalue weighted by molar-refractivity contribution is 5.76. The Kier molecular flexibility index (Phi) is 5.26. The third-order valence-electron chi connectivity index (χ3n) is 2.19. The van der Waals surface area contributed by atoms with Crippen LogP contribution in [-0.4, -0.2) is 26.1 Å². The van der Waals surface area contributed by atoms with Gasteiger partial charge in [-0.05, 0) is 19.1 Å². The summed E-state index contributed by atoms with van der Waals surface area (Å²) < 4.78 is 18.5. The van der Waals surface area contributed by atoms with Gasteiger partial charge in [0, 0.05) is 31.8 Å². The van der Waals surface area contributed by atoms with Gasteiger partial charge in [-0.3, -0.25) is 4.79 Å². The summed E-state index contributed by atoms with van der Waals surface area (Å²) in [5, 5.41) is 5.48. The van der Waals surface area contributed by atoms with Crippen molar-refractivity contribution in [3.63, 3.8) is 0 Å². The second-order valence-electron chi connectivity index (χ2n) is 3.43. The predicted molar refractivity (Wildman–Crippen MR) is 64.7 cm³/mol. The molecule has 0 aliphatic heterocycles. The molecule has 1 aromatic carbocycles. The van der Waals surface area contributed by atoms with Crippen molar-refractivity contribution in [1.82, 2.24) is 5.32 Å². The van der Waals surface area contributed by atoms with Crippen LogP contribution in [0.3, 0.4) is 0 Å². The second-order valence-corrected chi connectivity index (χ2v) is 3.43. The van der Waals surface area contributed by atoms with Crippen LogP contribution in [0.2, 0.25) is 0 Å². The van der Waals surface area contributed by atoms with E-state index in [1.807, 2.05) is 0 Å². The normalized spacial score (nSPS) is 9.82. The largest absolute Gasteiger partial charge is 0.491 e. The minimum absolute atomic E-state index is 0.0519. The standard InChI is InChI=1S/C12H17FN2O2/c1-3-17-11-5-4-9(8-10(11)13)15-7-6-12(16)14-2/h4-5,8,15H,3,6-7H2,1-2H3,(H,14,16). The van der Waals surface area contributed by atoms with Gasteiger partial charge in [0.25, 0.3) is 0 Å². The quantitative estimate of drug-likeness (QED) is 0.796. The lowest BCUT2D eigenvalue weighted by atomic mass is 10.2. The van der Waals surface area contributed by atoms with E-state index in [4.69, 9.17) is 4.74 Å². The number of benzene rings is 1. The summed E-state index contributed by atoms with van der Waals surface area (Å²) in [4.78, 5) is 11.0. The number of hydrogen-bond donors (Lipinski definition) is 2. The first-order chi connectivity index (χ1) is 8.17. The molecule has 0 atom stereocenters. The molecule has 2 N–H and O–H groups in total.